The number of rotatable bonds is 3. The second-order valence-corrected chi connectivity index (χ2v) is 8.81. The minimum Gasteiger partial charge on any atom is -0.444 e. The van der Waals surface area contributed by atoms with Gasteiger partial charge < -0.3 is 14.5 Å². The Hall–Kier alpha value is -3.09. The van der Waals surface area contributed by atoms with Crippen molar-refractivity contribution in [3.63, 3.8) is 0 Å². The second-order valence-electron chi connectivity index (χ2n) is 8.81. The number of carbonyl (C=O) groups excluding carboxylic acids is 1. The summed E-state index contributed by atoms with van der Waals surface area (Å²) in [5.74, 6) is 0.802. The van der Waals surface area contributed by atoms with Gasteiger partial charge in [-0.15, -0.1) is 0 Å². The SMILES string of the molecule is CCn1nc2cc(-c3ccccc3F)ccc2c1N1CCN(C(=O)OC(C)(C)C)CC1. The maximum absolute atomic E-state index is 14.2. The van der Waals surface area contributed by atoms with Gasteiger partial charge in [-0.1, -0.05) is 24.3 Å². The van der Waals surface area contributed by atoms with E-state index in [0.29, 0.717) is 31.7 Å². The molecule has 2 heterocycles. The van der Waals surface area contributed by atoms with Gasteiger partial charge in [0.15, 0.2) is 0 Å². The van der Waals surface area contributed by atoms with Crippen molar-refractivity contribution in [3.8, 4) is 11.1 Å². The van der Waals surface area contributed by atoms with Crippen LogP contribution in [0.3, 0.4) is 0 Å². The average Bonchev–Trinajstić information content (AvgIpc) is 3.10. The molecule has 31 heavy (non-hydrogen) atoms. The summed E-state index contributed by atoms with van der Waals surface area (Å²) >= 11 is 0. The summed E-state index contributed by atoms with van der Waals surface area (Å²) in [5, 5.41) is 5.81. The van der Waals surface area contributed by atoms with E-state index in [9.17, 15) is 9.18 Å². The van der Waals surface area contributed by atoms with Crippen molar-refractivity contribution in [3.05, 3.63) is 48.3 Å². The van der Waals surface area contributed by atoms with Gasteiger partial charge in [-0.3, -0.25) is 0 Å². The van der Waals surface area contributed by atoms with E-state index < -0.39 is 5.60 Å². The molecule has 1 amide bonds. The van der Waals surface area contributed by atoms with Gasteiger partial charge in [0.1, 0.15) is 17.2 Å². The lowest BCUT2D eigenvalue weighted by Crippen LogP contribution is -2.50. The molecule has 0 saturated carbocycles. The first-order valence-electron chi connectivity index (χ1n) is 10.7. The van der Waals surface area contributed by atoms with Crippen LogP contribution < -0.4 is 4.90 Å². The maximum atomic E-state index is 14.2. The zero-order valence-corrected chi connectivity index (χ0v) is 18.6. The summed E-state index contributed by atoms with van der Waals surface area (Å²) in [4.78, 5) is 16.4. The quantitative estimate of drug-likeness (QED) is 0.599. The summed E-state index contributed by atoms with van der Waals surface area (Å²) in [6, 6.07) is 12.7. The molecule has 1 aromatic heterocycles. The van der Waals surface area contributed by atoms with Crippen molar-refractivity contribution >= 4 is 22.8 Å². The Morgan fingerprint density at radius 1 is 1.10 bits per heavy atom. The van der Waals surface area contributed by atoms with Crippen molar-refractivity contribution in [1.29, 1.82) is 0 Å². The molecule has 0 unspecified atom stereocenters. The predicted molar refractivity (Wildman–Crippen MR) is 121 cm³/mol. The molecule has 3 aromatic rings. The summed E-state index contributed by atoms with van der Waals surface area (Å²) in [5.41, 5.74) is 1.73. The number of halogens is 1. The van der Waals surface area contributed by atoms with Crippen LogP contribution in [0.25, 0.3) is 22.0 Å². The molecule has 2 aromatic carbocycles. The third-order valence-electron chi connectivity index (χ3n) is 5.43. The molecule has 6 nitrogen and oxygen atoms in total. The minimum absolute atomic E-state index is 0.240. The summed E-state index contributed by atoms with van der Waals surface area (Å²) in [7, 11) is 0. The van der Waals surface area contributed by atoms with E-state index in [1.54, 1.807) is 17.0 Å². The number of aromatic nitrogens is 2. The topological polar surface area (TPSA) is 50.6 Å². The Morgan fingerprint density at radius 3 is 2.45 bits per heavy atom. The number of aryl methyl sites for hydroxylation is 1. The minimum atomic E-state index is -0.499. The molecule has 0 N–H and O–H groups in total. The van der Waals surface area contributed by atoms with E-state index in [0.717, 1.165) is 28.8 Å². The van der Waals surface area contributed by atoms with Crippen molar-refractivity contribution in [2.75, 3.05) is 31.1 Å². The first-order chi connectivity index (χ1) is 14.8. The number of amides is 1. The van der Waals surface area contributed by atoms with Gasteiger partial charge in [-0.2, -0.15) is 5.10 Å². The fourth-order valence-electron chi connectivity index (χ4n) is 3.96. The van der Waals surface area contributed by atoms with Gasteiger partial charge in [0, 0.05) is 43.7 Å². The van der Waals surface area contributed by atoms with Crippen molar-refractivity contribution in [1.82, 2.24) is 14.7 Å². The molecular formula is C24H29FN4O2. The van der Waals surface area contributed by atoms with E-state index in [2.05, 4.69) is 11.8 Å². The van der Waals surface area contributed by atoms with Crippen LogP contribution in [0.1, 0.15) is 27.7 Å². The third kappa shape index (κ3) is 4.36. The lowest BCUT2D eigenvalue weighted by Gasteiger charge is -2.36. The molecule has 1 saturated heterocycles. The monoisotopic (exact) mass is 424 g/mol. The van der Waals surface area contributed by atoms with Crippen molar-refractivity contribution in [2.24, 2.45) is 0 Å². The van der Waals surface area contributed by atoms with Gasteiger partial charge >= 0.3 is 6.09 Å². The smallest absolute Gasteiger partial charge is 0.410 e. The number of piperazine rings is 1. The van der Waals surface area contributed by atoms with Crippen LogP contribution in [0.4, 0.5) is 15.0 Å². The highest BCUT2D eigenvalue weighted by molar-refractivity contribution is 5.93. The van der Waals surface area contributed by atoms with Gasteiger partial charge in [0.25, 0.3) is 0 Å². The normalized spacial score (nSPS) is 14.9. The zero-order chi connectivity index (χ0) is 22.2. The highest BCUT2D eigenvalue weighted by Crippen LogP contribution is 2.32. The molecule has 164 valence electrons. The van der Waals surface area contributed by atoms with E-state index in [1.165, 1.54) is 6.07 Å². The number of hydrogen-bond acceptors (Lipinski definition) is 4. The molecular weight excluding hydrogens is 395 g/mol. The molecule has 1 aliphatic rings. The van der Waals surface area contributed by atoms with Gasteiger partial charge in [0.05, 0.1) is 5.52 Å². The van der Waals surface area contributed by atoms with Crippen LogP contribution in [0.2, 0.25) is 0 Å². The second kappa shape index (κ2) is 8.21. The summed E-state index contributed by atoms with van der Waals surface area (Å²) in [6.07, 6.45) is -0.268. The Kier molecular flexibility index (Phi) is 5.60. The highest BCUT2D eigenvalue weighted by atomic mass is 19.1. The largest absolute Gasteiger partial charge is 0.444 e. The molecule has 1 aliphatic heterocycles. The van der Waals surface area contributed by atoms with Crippen LogP contribution in [0.5, 0.6) is 0 Å². The fraction of sp³-hybridized carbons (Fsp3) is 0.417. The molecule has 0 radical (unpaired) electrons. The standard InChI is InChI=1S/C24H29FN4O2/c1-5-29-22(27-12-14-28(15-13-27)23(30)31-24(2,3)4)19-11-10-17(16-21(19)26-29)18-8-6-7-9-20(18)25/h6-11,16H,5,12-15H2,1-4H3. The van der Waals surface area contributed by atoms with Gasteiger partial charge in [-0.25, -0.2) is 13.9 Å². The van der Waals surface area contributed by atoms with Crippen molar-refractivity contribution in [2.45, 2.75) is 39.8 Å². The van der Waals surface area contributed by atoms with E-state index in [4.69, 9.17) is 9.84 Å². The van der Waals surface area contributed by atoms with Crippen LogP contribution in [-0.2, 0) is 11.3 Å². The number of fused-ring (bicyclic) bond motifs is 1. The molecule has 0 bridgehead atoms. The highest BCUT2D eigenvalue weighted by Gasteiger charge is 2.28. The van der Waals surface area contributed by atoms with E-state index in [-0.39, 0.29) is 11.9 Å². The third-order valence-corrected chi connectivity index (χ3v) is 5.43. The lowest BCUT2D eigenvalue weighted by atomic mass is 10.0. The number of nitrogens with zero attached hydrogens (tertiary/aromatic N) is 4. The molecule has 1 fully saturated rings. The fourth-order valence-corrected chi connectivity index (χ4v) is 3.96. The Balaban J connectivity index is 1.58. The predicted octanol–water partition coefficient (Wildman–Crippen LogP) is 4.92. The zero-order valence-electron chi connectivity index (χ0n) is 18.6. The Labute approximate surface area is 182 Å². The van der Waals surface area contributed by atoms with E-state index >= 15 is 0 Å². The number of benzene rings is 2. The molecule has 7 heteroatoms. The maximum Gasteiger partial charge on any atom is 0.410 e. The molecule has 4 rings (SSSR count). The first-order valence-corrected chi connectivity index (χ1v) is 10.7. The first kappa shape index (κ1) is 21.2. The van der Waals surface area contributed by atoms with Crippen molar-refractivity contribution < 1.29 is 13.9 Å². The van der Waals surface area contributed by atoms with Crippen LogP contribution in [0, 0.1) is 5.82 Å². The number of carbonyl (C=O) groups is 1. The number of anilines is 1. The van der Waals surface area contributed by atoms with Crippen LogP contribution in [-0.4, -0.2) is 52.6 Å². The molecule has 0 aliphatic carbocycles. The molecule has 0 spiro atoms. The summed E-state index contributed by atoms with van der Waals surface area (Å²) < 4.78 is 21.7. The summed E-state index contributed by atoms with van der Waals surface area (Å²) in [6.45, 7) is 11.0. The van der Waals surface area contributed by atoms with Gasteiger partial charge in [0.2, 0.25) is 0 Å². The number of hydrogen-bond donors (Lipinski definition) is 0. The Morgan fingerprint density at radius 2 is 1.81 bits per heavy atom. The van der Waals surface area contributed by atoms with Crippen LogP contribution >= 0.6 is 0 Å². The Bertz CT molecular complexity index is 1090. The number of ether oxygens (including phenoxy) is 1. The lowest BCUT2D eigenvalue weighted by molar-refractivity contribution is 0.0240. The molecule has 0 atom stereocenters. The van der Waals surface area contributed by atoms with Crippen LogP contribution in [0.15, 0.2) is 42.5 Å². The van der Waals surface area contributed by atoms with Gasteiger partial charge in [-0.05, 0) is 51.5 Å². The van der Waals surface area contributed by atoms with E-state index in [1.807, 2.05) is 49.7 Å². The average molecular weight is 425 g/mol.